The fourth-order valence-corrected chi connectivity index (χ4v) is 7.25. The SMILES string of the molecule is CC(C)c1ccc2c(c1)CCC1C(C)(CNC(=O)CN3C(=O)c4ccc([N+](=O)[O-])cc4C3=O)CCCC21C. The monoisotopic (exact) mass is 517 g/mol. The predicted octanol–water partition coefficient (Wildman–Crippen LogP) is 5.14. The van der Waals surface area contributed by atoms with Crippen molar-refractivity contribution in [1.82, 2.24) is 10.2 Å². The van der Waals surface area contributed by atoms with Crippen molar-refractivity contribution >= 4 is 23.4 Å². The summed E-state index contributed by atoms with van der Waals surface area (Å²) in [5, 5.41) is 14.1. The molecule has 0 saturated heterocycles. The molecule has 0 aromatic heterocycles. The number of nitrogens with zero attached hydrogens (tertiary/aromatic N) is 2. The van der Waals surface area contributed by atoms with Gasteiger partial charge in [-0.2, -0.15) is 0 Å². The molecule has 8 nitrogen and oxygen atoms in total. The van der Waals surface area contributed by atoms with E-state index in [4.69, 9.17) is 0 Å². The van der Waals surface area contributed by atoms with Gasteiger partial charge in [-0.3, -0.25) is 29.4 Å². The quantitative estimate of drug-likeness (QED) is 0.324. The van der Waals surface area contributed by atoms with Crippen LogP contribution in [0.1, 0.15) is 96.7 Å². The number of benzene rings is 2. The van der Waals surface area contributed by atoms with Crippen LogP contribution in [0.2, 0.25) is 0 Å². The zero-order valence-electron chi connectivity index (χ0n) is 22.5. The van der Waals surface area contributed by atoms with Crippen LogP contribution in [-0.4, -0.2) is 40.6 Å². The van der Waals surface area contributed by atoms with Gasteiger partial charge < -0.3 is 5.32 Å². The molecule has 0 radical (unpaired) electrons. The highest BCUT2D eigenvalue weighted by molar-refractivity contribution is 6.22. The minimum Gasteiger partial charge on any atom is -0.354 e. The van der Waals surface area contributed by atoms with Gasteiger partial charge in [-0.25, -0.2) is 0 Å². The number of non-ortho nitro benzene ring substituents is 1. The van der Waals surface area contributed by atoms with Gasteiger partial charge in [-0.15, -0.1) is 0 Å². The molecular weight excluding hydrogens is 482 g/mol. The highest BCUT2D eigenvalue weighted by atomic mass is 16.6. The van der Waals surface area contributed by atoms with Gasteiger partial charge in [0.25, 0.3) is 17.5 Å². The Kier molecular flexibility index (Phi) is 6.40. The topological polar surface area (TPSA) is 110 Å². The second kappa shape index (κ2) is 9.33. The molecule has 1 fully saturated rings. The second-order valence-corrected chi connectivity index (χ2v) is 12.0. The number of aryl methyl sites for hydroxylation is 1. The predicted molar refractivity (Wildman–Crippen MR) is 143 cm³/mol. The Balaban J connectivity index is 1.28. The maximum atomic E-state index is 13.0. The van der Waals surface area contributed by atoms with Crippen LogP contribution in [0.5, 0.6) is 0 Å². The molecule has 0 spiro atoms. The summed E-state index contributed by atoms with van der Waals surface area (Å²) in [6, 6.07) is 10.5. The van der Waals surface area contributed by atoms with E-state index in [9.17, 15) is 24.5 Å². The Hall–Kier alpha value is -3.55. The van der Waals surface area contributed by atoms with Crippen molar-refractivity contribution < 1.29 is 19.3 Å². The van der Waals surface area contributed by atoms with Crippen molar-refractivity contribution in [3.05, 3.63) is 74.3 Å². The Morgan fingerprint density at radius 2 is 1.84 bits per heavy atom. The fraction of sp³-hybridized carbons (Fsp3) is 0.500. The molecular formula is C30H35N3O5. The van der Waals surface area contributed by atoms with E-state index in [1.807, 2.05) is 0 Å². The molecule has 3 atom stereocenters. The number of carbonyl (C=O) groups is 3. The Morgan fingerprint density at radius 3 is 2.55 bits per heavy atom. The van der Waals surface area contributed by atoms with Crippen molar-refractivity contribution in [1.29, 1.82) is 0 Å². The largest absolute Gasteiger partial charge is 0.354 e. The van der Waals surface area contributed by atoms with Gasteiger partial charge in [0.05, 0.1) is 16.1 Å². The number of hydrogen-bond acceptors (Lipinski definition) is 5. The number of rotatable bonds is 6. The minimum atomic E-state index is -0.676. The van der Waals surface area contributed by atoms with Gasteiger partial charge in [0.1, 0.15) is 6.54 Å². The molecule has 3 amide bonds. The average molecular weight is 518 g/mol. The molecule has 3 unspecified atom stereocenters. The first-order valence-electron chi connectivity index (χ1n) is 13.5. The molecule has 2 aliphatic carbocycles. The third-order valence-electron chi connectivity index (χ3n) is 9.32. The Bertz CT molecular complexity index is 1350. The zero-order valence-corrected chi connectivity index (χ0v) is 22.5. The number of amides is 3. The molecule has 38 heavy (non-hydrogen) atoms. The van der Waals surface area contributed by atoms with E-state index >= 15 is 0 Å². The van der Waals surface area contributed by atoms with Crippen molar-refractivity contribution in [2.45, 2.75) is 71.1 Å². The average Bonchev–Trinajstić information content (AvgIpc) is 3.11. The van der Waals surface area contributed by atoms with E-state index in [0.29, 0.717) is 18.4 Å². The van der Waals surface area contributed by atoms with E-state index in [-0.39, 0.29) is 27.6 Å². The van der Waals surface area contributed by atoms with Crippen LogP contribution in [0.15, 0.2) is 36.4 Å². The lowest BCUT2D eigenvalue weighted by molar-refractivity contribution is -0.384. The maximum Gasteiger partial charge on any atom is 0.270 e. The van der Waals surface area contributed by atoms with Crippen LogP contribution in [0, 0.1) is 21.4 Å². The third-order valence-corrected chi connectivity index (χ3v) is 9.32. The van der Waals surface area contributed by atoms with E-state index < -0.39 is 29.2 Å². The number of imide groups is 1. The summed E-state index contributed by atoms with van der Waals surface area (Å²) in [7, 11) is 0. The molecule has 1 saturated carbocycles. The first-order valence-corrected chi connectivity index (χ1v) is 13.5. The molecule has 1 aliphatic heterocycles. The molecule has 0 bridgehead atoms. The van der Waals surface area contributed by atoms with Crippen LogP contribution in [0.25, 0.3) is 0 Å². The van der Waals surface area contributed by atoms with E-state index in [2.05, 4.69) is 51.2 Å². The van der Waals surface area contributed by atoms with Crippen molar-refractivity contribution in [2.75, 3.05) is 13.1 Å². The molecule has 1 heterocycles. The lowest BCUT2D eigenvalue weighted by atomic mass is 9.49. The normalized spacial score (nSPS) is 26.1. The summed E-state index contributed by atoms with van der Waals surface area (Å²) >= 11 is 0. The van der Waals surface area contributed by atoms with E-state index in [1.165, 1.54) is 28.8 Å². The number of carbonyl (C=O) groups excluding carboxylic acids is 3. The Morgan fingerprint density at radius 1 is 1.11 bits per heavy atom. The number of fused-ring (bicyclic) bond motifs is 4. The van der Waals surface area contributed by atoms with Gasteiger partial charge in [0.15, 0.2) is 0 Å². The van der Waals surface area contributed by atoms with Gasteiger partial charge in [-0.05, 0) is 71.1 Å². The number of nitro benzene ring substituents is 1. The summed E-state index contributed by atoms with van der Waals surface area (Å²) in [6.45, 7) is 9.15. The van der Waals surface area contributed by atoms with Crippen LogP contribution in [-0.2, 0) is 16.6 Å². The summed E-state index contributed by atoms with van der Waals surface area (Å²) in [6.07, 6.45) is 5.29. The molecule has 5 rings (SSSR count). The van der Waals surface area contributed by atoms with Crippen molar-refractivity contribution in [2.24, 2.45) is 11.3 Å². The van der Waals surface area contributed by atoms with Crippen LogP contribution in [0.4, 0.5) is 5.69 Å². The first-order chi connectivity index (χ1) is 17.9. The summed E-state index contributed by atoms with van der Waals surface area (Å²) in [5.41, 5.74) is 3.99. The smallest absolute Gasteiger partial charge is 0.270 e. The molecule has 2 aromatic rings. The molecule has 1 N–H and O–H groups in total. The standard InChI is InChI=1S/C30H35N3O5/c1-18(2)19-6-10-24-20(14-19)7-11-25-29(3,12-5-13-30(24,25)4)17-31-26(34)16-32-27(35)22-9-8-21(33(37)38)15-23(22)28(32)36/h6,8-10,14-15,18,25H,5,7,11-13,16-17H2,1-4H3,(H,31,34). The van der Waals surface area contributed by atoms with E-state index in [1.54, 1.807) is 0 Å². The van der Waals surface area contributed by atoms with Crippen LogP contribution in [0.3, 0.4) is 0 Å². The van der Waals surface area contributed by atoms with Gasteiger partial charge in [0.2, 0.25) is 5.91 Å². The zero-order chi connectivity index (χ0) is 27.4. The molecule has 3 aliphatic rings. The number of hydrogen-bond donors (Lipinski definition) is 1. The first kappa shape index (κ1) is 26.1. The van der Waals surface area contributed by atoms with E-state index in [0.717, 1.165) is 43.1 Å². The highest BCUT2D eigenvalue weighted by Gasteiger charge is 2.51. The number of nitro groups is 1. The summed E-state index contributed by atoms with van der Waals surface area (Å²) in [4.78, 5) is 49.9. The third kappa shape index (κ3) is 4.20. The Labute approximate surface area is 222 Å². The molecule has 200 valence electrons. The van der Waals surface area contributed by atoms with Gasteiger partial charge in [0, 0.05) is 18.7 Å². The summed E-state index contributed by atoms with van der Waals surface area (Å²) in [5.74, 6) is -0.780. The van der Waals surface area contributed by atoms with Crippen molar-refractivity contribution in [3.8, 4) is 0 Å². The van der Waals surface area contributed by atoms with Crippen LogP contribution >= 0.6 is 0 Å². The highest BCUT2D eigenvalue weighted by Crippen LogP contribution is 2.57. The maximum absolute atomic E-state index is 13.0. The van der Waals surface area contributed by atoms with Crippen LogP contribution < -0.4 is 5.32 Å². The molecule has 8 heteroatoms. The van der Waals surface area contributed by atoms with Crippen molar-refractivity contribution in [3.63, 3.8) is 0 Å². The number of nitrogens with one attached hydrogen (secondary N) is 1. The van der Waals surface area contributed by atoms with Gasteiger partial charge in [-0.1, -0.05) is 52.3 Å². The van der Waals surface area contributed by atoms with Gasteiger partial charge >= 0.3 is 0 Å². The molecule has 2 aromatic carbocycles. The lowest BCUT2D eigenvalue weighted by Crippen LogP contribution is -2.54. The summed E-state index contributed by atoms with van der Waals surface area (Å²) < 4.78 is 0. The second-order valence-electron chi connectivity index (χ2n) is 12.0. The lowest BCUT2D eigenvalue weighted by Gasteiger charge is -2.55. The minimum absolute atomic E-state index is 0.0338. The fourth-order valence-electron chi connectivity index (χ4n) is 7.25.